The molecule has 1 aliphatic rings. The van der Waals surface area contributed by atoms with Crippen molar-refractivity contribution in [3.8, 4) is 0 Å². The second kappa shape index (κ2) is 9.58. The zero-order chi connectivity index (χ0) is 20.1. The van der Waals surface area contributed by atoms with Gasteiger partial charge < -0.3 is 15.0 Å². The van der Waals surface area contributed by atoms with E-state index in [1.54, 1.807) is 11.3 Å². The van der Waals surface area contributed by atoms with Crippen LogP contribution in [-0.4, -0.2) is 65.0 Å². The van der Waals surface area contributed by atoms with Crippen LogP contribution in [0.25, 0.3) is 11.0 Å². The van der Waals surface area contributed by atoms with E-state index < -0.39 is 0 Å². The number of carbonyl (C=O) groups is 1. The Labute approximate surface area is 174 Å². The van der Waals surface area contributed by atoms with E-state index in [0.29, 0.717) is 31.3 Å². The summed E-state index contributed by atoms with van der Waals surface area (Å²) in [5, 5.41) is 6.27. The van der Waals surface area contributed by atoms with Crippen LogP contribution < -0.4 is 5.32 Å². The van der Waals surface area contributed by atoms with Crippen LogP contribution in [0.1, 0.15) is 34.2 Å². The van der Waals surface area contributed by atoms with Gasteiger partial charge in [0.15, 0.2) is 5.78 Å². The molecule has 0 bridgehead atoms. The number of hydrogen-bond donors (Lipinski definition) is 2. The number of benzene rings is 1. The second-order valence-electron chi connectivity index (χ2n) is 7.43. The van der Waals surface area contributed by atoms with Gasteiger partial charge in [-0.15, -0.1) is 11.3 Å². The van der Waals surface area contributed by atoms with E-state index in [0.717, 1.165) is 54.4 Å². The quantitative estimate of drug-likeness (QED) is 0.415. The summed E-state index contributed by atoms with van der Waals surface area (Å²) in [4.78, 5) is 27.1. The number of ether oxygens (including phenoxy) is 1. The van der Waals surface area contributed by atoms with Gasteiger partial charge in [0.1, 0.15) is 11.5 Å². The van der Waals surface area contributed by atoms with Crippen molar-refractivity contribution in [2.75, 3.05) is 33.4 Å². The van der Waals surface area contributed by atoms with Crippen molar-refractivity contribution in [1.82, 2.24) is 25.2 Å². The molecule has 1 saturated heterocycles. The number of morpholine rings is 1. The lowest BCUT2D eigenvalue weighted by Gasteiger charge is -2.32. The monoisotopic (exact) mass is 413 g/mol. The fourth-order valence-corrected chi connectivity index (χ4v) is 4.32. The van der Waals surface area contributed by atoms with Gasteiger partial charge in [0.2, 0.25) is 0 Å². The molecule has 1 fully saturated rings. The number of Topliss-reactive ketones (excluding diaryl/α,β-unsaturated/α-hetero) is 1. The molecule has 0 amide bonds. The van der Waals surface area contributed by atoms with Crippen molar-refractivity contribution in [3.63, 3.8) is 0 Å². The number of thiazole rings is 1. The summed E-state index contributed by atoms with van der Waals surface area (Å²) < 4.78 is 5.52. The van der Waals surface area contributed by atoms with Gasteiger partial charge in [0.25, 0.3) is 0 Å². The first-order valence-corrected chi connectivity index (χ1v) is 11.0. The van der Waals surface area contributed by atoms with E-state index in [4.69, 9.17) is 4.74 Å². The molecule has 1 atom stereocenters. The molecule has 29 heavy (non-hydrogen) atoms. The molecule has 1 aromatic carbocycles. The third-order valence-electron chi connectivity index (χ3n) is 5.31. The van der Waals surface area contributed by atoms with Crippen molar-refractivity contribution < 1.29 is 9.53 Å². The molecule has 154 valence electrons. The summed E-state index contributed by atoms with van der Waals surface area (Å²) in [6.07, 6.45) is 2.14. The van der Waals surface area contributed by atoms with Crippen LogP contribution in [0.2, 0.25) is 0 Å². The van der Waals surface area contributed by atoms with E-state index in [-0.39, 0.29) is 5.78 Å². The molecule has 0 radical (unpaired) electrons. The number of ketones is 1. The minimum absolute atomic E-state index is 0.127. The fourth-order valence-electron chi connectivity index (χ4n) is 3.51. The van der Waals surface area contributed by atoms with Crippen LogP contribution in [0.3, 0.4) is 0 Å². The number of aromatic amines is 1. The first-order chi connectivity index (χ1) is 14.2. The van der Waals surface area contributed by atoms with Gasteiger partial charge in [-0.2, -0.15) is 0 Å². The second-order valence-corrected chi connectivity index (χ2v) is 8.37. The van der Waals surface area contributed by atoms with Gasteiger partial charge in [0, 0.05) is 37.4 Å². The molecule has 0 spiro atoms. The largest absolute Gasteiger partial charge is 0.378 e. The maximum atomic E-state index is 12.5. The van der Waals surface area contributed by atoms with Crippen LogP contribution in [0.4, 0.5) is 0 Å². The molecule has 7 nitrogen and oxygen atoms in total. The van der Waals surface area contributed by atoms with E-state index >= 15 is 0 Å². The number of fused-ring (bicyclic) bond motifs is 1. The smallest absolute Gasteiger partial charge is 0.182 e. The Morgan fingerprint density at radius 1 is 1.38 bits per heavy atom. The lowest BCUT2D eigenvalue weighted by Crippen LogP contribution is -2.42. The Hall–Kier alpha value is -2.13. The topological polar surface area (TPSA) is 83.1 Å². The summed E-state index contributed by atoms with van der Waals surface area (Å²) in [6.45, 7) is 3.90. The lowest BCUT2D eigenvalue weighted by molar-refractivity contribution is 0.00268. The molecule has 2 aromatic heterocycles. The molecular formula is C21H27N5O2S. The highest BCUT2D eigenvalue weighted by Crippen LogP contribution is 2.16. The molecular weight excluding hydrogens is 386 g/mol. The van der Waals surface area contributed by atoms with Crippen molar-refractivity contribution >= 4 is 28.2 Å². The normalized spacial score (nSPS) is 17.8. The fraction of sp³-hybridized carbons (Fsp3) is 0.476. The van der Waals surface area contributed by atoms with E-state index in [1.807, 2.05) is 29.6 Å². The number of rotatable bonds is 9. The van der Waals surface area contributed by atoms with Crippen LogP contribution in [0.5, 0.6) is 0 Å². The average Bonchev–Trinajstić information content (AvgIpc) is 3.37. The molecule has 0 saturated carbocycles. The van der Waals surface area contributed by atoms with Gasteiger partial charge in [-0.1, -0.05) is 12.1 Å². The molecule has 4 rings (SSSR count). The van der Waals surface area contributed by atoms with Gasteiger partial charge in [-0.25, -0.2) is 9.97 Å². The molecule has 3 heterocycles. The third-order valence-corrected chi connectivity index (χ3v) is 6.22. The zero-order valence-electron chi connectivity index (χ0n) is 16.7. The maximum Gasteiger partial charge on any atom is 0.182 e. The number of hydrogen-bond acceptors (Lipinski definition) is 7. The Bertz CT molecular complexity index is 920. The number of aromatic nitrogens is 3. The maximum absolute atomic E-state index is 12.5. The summed E-state index contributed by atoms with van der Waals surface area (Å²) in [5.74, 6) is 1.06. The van der Waals surface area contributed by atoms with Crippen molar-refractivity contribution in [2.24, 2.45) is 0 Å². The Balaban J connectivity index is 1.20. The lowest BCUT2D eigenvalue weighted by atomic mass is 10.1. The van der Waals surface area contributed by atoms with Crippen molar-refractivity contribution in [3.05, 3.63) is 46.2 Å². The number of nitrogens with zero attached hydrogens (tertiary/aromatic N) is 3. The van der Waals surface area contributed by atoms with Gasteiger partial charge >= 0.3 is 0 Å². The highest BCUT2D eigenvalue weighted by molar-refractivity contribution is 7.09. The predicted molar refractivity (Wildman–Crippen MR) is 114 cm³/mol. The molecule has 8 heteroatoms. The molecule has 1 aliphatic heterocycles. The Kier molecular flexibility index (Phi) is 6.66. The minimum atomic E-state index is 0.127. The van der Waals surface area contributed by atoms with E-state index in [9.17, 15) is 4.79 Å². The van der Waals surface area contributed by atoms with Crippen molar-refractivity contribution in [2.45, 2.75) is 31.8 Å². The summed E-state index contributed by atoms with van der Waals surface area (Å²) >= 11 is 1.56. The molecule has 3 aromatic rings. The zero-order valence-corrected chi connectivity index (χ0v) is 17.5. The number of carbonyl (C=O) groups excluding carboxylic acids is 1. The Morgan fingerprint density at radius 2 is 2.28 bits per heavy atom. The summed E-state index contributed by atoms with van der Waals surface area (Å²) in [7, 11) is 2.09. The standard InChI is InChI=1S/C21H27N5O2S/c1-26-10-11-28-13-15(26)6-7-19(27)18-14-29-21(25-18)8-9-22-12-20-23-16-4-2-3-5-17(16)24-20/h2-5,14-15,22H,6-13H2,1H3,(H,23,24). The SMILES string of the molecule is CN1CCOCC1CCC(=O)c1csc(CCNCc2nc3ccccc3[nH]2)n1. The van der Waals surface area contributed by atoms with E-state index in [1.165, 1.54) is 0 Å². The molecule has 0 aliphatic carbocycles. The summed E-state index contributed by atoms with van der Waals surface area (Å²) in [5.41, 5.74) is 2.64. The number of para-hydroxylation sites is 2. The van der Waals surface area contributed by atoms with Gasteiger partial charge in [-0.05, 0) is 25.6 Å². The van der Waals surface area contributed by atoms with Crippen LogP contribution >= 0.6 is 11.3 Å². The highest BCUT2D eigenvalue weighted by atomic mass is 32.1. The average molecular weight is 414 g/mol. The van der Waals surface area contributed by atoms with E-state index in [2.05, 4.69) is 32.2 Å². The highest BCUT2D eigenvalue weighted by Gasteiger charge is 2.21. The third kappa shape index (κ3) is 5.27. The summed E-state index contributed by atoms with van der Waals surface area (Å²) in [6, 6.07) is 8.35. The molecule has 2 N–H and O–H groups in total. The van der Waals surface area contributed by atoms with Crippen LogP contribution in [0, 0.1) is 0 Å². The van der Waals surface area contributed by atoms with Crippen LogP contribution in [-0.2, 0) is 17.7 Å². The van der Waals surface area contributed by atoms with Gasteiger partial charge in [0.05, 0.1) is 35.8 Å². The first kappa shape index (κ1) is 20.2. The van der Waals surface area contributed by atoms with Gasteiger partial charge in [-0.3, -0.25) is 9.69 Å². The van der Waals surface area contributed by atoms with Crippen LogP contribution in [0.15, 0.2) is 29.6 Å². The Morgan fingerprint density at radius 3 is 3.14 bits per heavy atom. The predicted octanol–water partition coefficient (Wildman–Crippen LogP) is 2.65. The number of nitrogens with one attached hydrogen (secondary N) is 2. The number of H-pyrrole nitrogens is 1. The first-order valence-electron chi connectivity index (χ1n) is 10.1. The number of imidazole rings is 1. The molecule has 1 unspecified atom stereocenters. The number of likely N-dealkylation sites (N-methyl/N-ethyl adjacent to an activating group) is 1. The van der Waals surface area contributed by atoms with Crippen molar-refractivity contribution in [1.29, 1.82) is 0 Å². The minimum Gasteiger partial charge on any atom is -0.378 e.